The van der Waals surface area contributed by atoms with Crippen LogP contribution < -0.4 is 20.7 Å². The summed E-state index contributed by atoms with van der Waals surface area (Å²) in [7, 11) is -2.18. The van der Waals surface area contributed by atoms with Gasteiger partial charge < -0.3 is 10.2 Å². The number of benzene rings is 2. The number of hydrogen-bond acceptors (Lipinski definition) is 5. The number of nitrogens with two attached hydrogens (primary N) is 1. The van der Waals surface area contributed by atoms with Crippen molar-refractivity contribution in [1.82, 2.24) is 0 Å². The number of rotatable bonds is 5. The molecule has 0 saturated carbocycles. The van der Waals surface area contributed by atoms with Crippen molar-refractivity contribution in [2.45, 2.75) is 4.90 Å². The first-order chi connectivity index (χ1) is 9.96. The van der Waals surface area contributed by atoms with E-state index in [2.05, 4.69) is 26.1 Å². The summed E-state index contributed by atoms with van der Waals surface area (Å²) < 4.78 is 32.9. The van der Waals surface area contributed by atoms with Gasteiger partial charge in [0.15, 0.2) is 0 Å². The van der Waals surface area contributed by atoms with Crippen LogP contribution in [0, 0.1) is 0 Å². The fourth-order valence-electron chi connectivity index (χ4n) is 1.64. The van der Waals surface area contributed by atoms with Crippen LogP contribution >= 0.6 is 15.9 Å². The number of nitrogens with one attached hydrogen (secondary N) is 2. The summed E-state index contributed by atoms with van der Waals surface area (Å²) >= 11 is 3.30. The summed E-state index contributed by atoms with van der Waals surface area (Å²) in [4.78, 5) is 0.135. The van der Waals surface area contributed by atoms with E-state index >= 15 is 0 Å². The molecule has 2 aromatic rings. The van der Waals surface area contributed by atoms with E-state index < -0.39 is 10.0 Å². The van der Waals surface area contributed by atoms with E-state index in [4.69, 9.17) is 10.6 Å². The van der Waals surface area contributed by atoms with Crippen molar-refractivity contribution in [3.63, 3.8) is 0 Å². The van der Waals surface area contributed by atoms with Gasteiger partial charge in [-0.2, -0.15) is 0 Å². The van der Waals surface area contributed by atoms with E-state index in [-0.39, 0.29) is 4.90 Å². The average molecular weight is 372 g/mol. The van der Waals surface area contributed by atoms with Crippen LogP contribution in [0.5, 0.6) is 5.75 Å². The molecule has 112 valence electrons. The highest BCUT2D eigenvalue weighted by molar-refractivity contribution is 9.10. The molecule has 0 aromatic heterocycles. The van der Waals surface area contributed by atoms with Gasteiger partial charge in [0.1, 0.15) is 5.75 Å². The topological polar surface area (TPSA) is 93.4 Å². The summed E-state index contributed by atoms with van der Waals surface area (Å²) in [6.07, 6.45) is 0. The molecule has 0 saturated heterocycles. The Kier molecular flexibility index (Phi) is 4.71. The number of ether oxygens (including phenoxy) is 1. The van der Waals surface area contributed by atoms with Crippen molar-refractivity contribution in [3.8, 4) is 5.75 Å². The second-order valence-corrected chi connectivity index (χ2v) is 6.66. The standard InChI is InChI=1S/C13H14BrN3O3S/c1-20-10-4-7-12(14)13(8-10)17-21(18,19)11-5-2-9(16-15)3-6-11/h2-8,16-17H,15H2,1H3. The van der Waals surface area contributed by atoms with Gasteiger partial charge in [-0.3, -0.25) is 10.6 Å². The number of sulfonamides is 1. The zero-order valence-electron chi connectivity index (χ0n) is 11.1. The Balaban J connectivity index is 2.32. The van der Waals surface area contributed by atoms with Crippen LogP contribution in [0.3, 0.4) is 0 Å². The molecule has 8 heteroatoms. The first-order valence-electron chi connectivity index (χ1n) is 5.89. The molecule has 0 radical (unpaired) electrons. The van der Waals surface area contributed by atoms with Crippen molar-refractivity contribution in [2.24, 2.45) is 5.84 Å². The number of hydrogen-bond donors (Lipinski definition) is 3. The minimum atomic E-state index is -3.69. The first kappa shape index (κ1) is 15.6. The molecule has 0 spiro atoms. The molecule has 4 N–H and O–H groups in total. The van der Waals surface area contributed by atoms with E-state index in [1.807, 2.05) is 0 Å². The Bertz CT molecular complexity index is 733. The lowest BCUT2D eigenvalue weighted by Crippen LogP contribution is -2.14. The van der Waals surface area contributed by atoms with Gasteiger partial charge in [0.25, 0.3) is 10.0 Å². The lowest BCUT2D eigenvalue weighted by molar-refractivity contribution is 0.415. The summed E-state index contributed by atoms with van der Waals surface area (Å²) in [6, 6.07) is 11.1. The molecular formula is C13H14BrN3O3S. The summed E-state index contributed by atoms with van der Waals surface area (Å²) in [5.74, 6) is 5.80. The van der Waals surface area contributed by atoms with Gasteiger partial charge in [0, 0.05) is 16.2 Å². The molecule has 0 heterocycles. The summed E-state index contributed by atoms with van der Waals surface area (Å²) in [5.41, 5.74) is 3.46. The zero-order chi connectivity index (χ0) is 15.5. The highest BCUT2D eigenvalue weighted by atomic mass is 79.9. The SMILES string of the molecule is COc1ccc(Br)c(NS(=O)(=O)c2ccc(NN)cc2)c1. The number of hydrazine groups is 1. The van der Waals surface area contributed by atoms with Crippen molar-refractivity contribution in [3.05, 3.63) is 46.9 Å². The molecule has 0 amide bonds. The Hall–Kier alpha value is -1.77. The molecule has 2 rings (SSSR count). The largest absolute Gasteiger partial charge is 0.497 e. The Morgan fingerprint density at radius 1 is 1.14 bits per heavy atom. The predicted octanol–water partition coefficient (Wildman–Crippen LogP) is 2.54. The van der Waals surface area contributed by atoms with Crippen molar-refractivity contribution >= 4 is 37.3 Å². The number of methoxy groups -OCH3 is 1. The molecule has 0 fully saturated rings. The van der Waals surface area contributed by atoms with E-state index in [1.165, 1.54) is 19.2 Å². The molecular weight excluding hydrogens is 358 g/mol. The van der Waals surface area contributed by atoms with Crippen LogP contribution in [0.1, 0.15) is 0 Å². The minimum absolute atomic E-state index is 0.135. The predicted molar refractivity (Wildman–Crippen MR) is 85.8 cm³/mol. The molecule has 0 aliphatic heterocycles. The van der Waals surface area contributed by atoms with Gasteiger partial charge >= 0.3 is 0 Å². The average Bonchev–Trinajstić information content (AvgIpc) is 2.49. The molecule has 0 bridgehead atoms. The van der Waals surface area contributed by atoms with Crippen LogP contribution in [0.25, 0.3) is 0 Å². The van der Waals surface area contributed by atoms with Gasteiger partial charge in [-0.05, 0) is 52.3 Å². The Morgan fingerprint density at radius 3 is 2.38 bits per heavy atom. The molecule has 0 aliphatic rings. The third kappa shape index (κ3) is 3.66. The van der Waals surface area contributed by atoms with Crippen LogP contribution in [0.4, 0.5) is 11.4 Å². The van der Waals surface area contributed by atoms with Gasteiger partial charge in [-0.1, -0.05) is 0 Å². The fraction of sp³-hybridized carbons (Fsp3) is 0.0769. The highest BCUT2D eigenvalue weighted by Crippen LogP contribution is 2.29. The third-order valence-electron chi connectivity index (χ3n) is 2.75. The van der Waals surface area contributed by atoms with E-state index in [0.29, 0.717) is 21.6 Å². The van der Waals surface area contributed by atoms with Gasteiger partial charge in [0.05, 0.1) is 17.7 Å². The quantitative estimate of drug-likeness (QED) is 0.554. The van der Waals surface area contributed by atoms with Gasteiger partial charge in [-0.25, -0.2) is 8.42 Å². The van der Waals surface area contributed by atoms with Crippen LogP contribution in [0.2, 0.25) is 0 Å². The lowest BCUT2D eigenvalue weighted by Gasteiger charge is -2.11. The Morgan fingerprint density at radius 2 is 1.81 bits per heavy atom. The maximum Gasteiger partial charge on any atom is 0.261 e. The summed E-state index contributed by atoms with van der Waals surface area (Å²) in [6.45, 7) is 0. The number of anilines is 2. The van der Waals surface area contributed by atoms with E-state index in [0.717, 1.165) is 0 Å². The van der Waals surface area contributed by atoms with Crippen LogP contribution in [-0.2, 0) is 10.0 Å². The fourth-order valence-corrected chi connectivity index (χ4v) is 3.19. The molecule has 0 atom stereocenters. The molecule has 0 aliphatic carbocycles. The lowest BCUT2D eigenvalue weighted by atomic mass is 10.3. The van der Waals surface area contributed by atoms with Gasteiger partial charge in [0.2, 0.25) is 0 Å². The molecule has 6 nitrogen and oxygen atoms in total. The third-order valence-corrected chi connectivity index (χ3v) is 4.82. The van der Waals surface area contributed by atoms with Crippen LogP contribution in [-0.4, -0.2) is 15.5 Å². The second-order valence-electron chi connectivity index (χ2n) is 4.12. The Labute approximate surface area is 131 Å². The first-order valence-corrected chi connectivity index (χ1v) is 8.17. The monoisotopic (exact) mass is 371 g/mol. The summed E-state index contributed by atoms with van der Waals surface area (Å²) in [5, 5.41) is 0. The maximum absolute atomic E-state index is 12.3. The molecule has 21 heavy (non-hydrogen) atoms. The molecule has 0 unspecified atom stereocenters. The van der Waals surface area contributed by atoms with Crippen molar-refractivity contribution in [1.29, 1.82) is 0 Å². The smallest absolute Gasteiger partial charge is 0.261 e. The van der Waals surface area contributed by atoms with Crippen molar-refractivity contribution < 1.29 is 13.2 Å². The van der Waals surface area contributed by atoms with Crippen LogP contribution in [0.15, 0.2) is 51.8 Å². The highest BCUT2D eigenvalue weighted by Gasteiger charge is 2.16. The number of nitrogen functional groups attached to an aromatic ring is 1. The van der Waals surface area contributed by atoms with Gasteiger partial charge in [-0.15, -0.1) is 0 Å². The second kappa shape index (κ2) is 6.33. The van der Waals surface area contributed by atoms with E-state index in [9.17, 15) is 8.42 Å². The zero-order valence-corrected chi connectivity index (χ0v) is 13.5. The minimum Gasteiger partial charge on any atom is -0.497 e. The maximum atomic E-state index is 12.3. The normalized spacial score (nSPS) is 11.0. The van der Waals surface area contributed by atoms with Crippen molar-refractivity contribution in [2.75, 3.05) is 17.3 Å². The number of halogens is 1. The molecule has 2 aromatic carbocycles. The van der Waals surface area contributed by atoms with E-state index in [1.54, 1.807) is 30.3 Å².